The van der Waals surface area contributed by atoms with Gasteiger partial charge < -0.3 is 10.4 Å². The van der Waals surface area contributed by atoms with Crippen LogP contribution in [0.1, 0.15) is 29.8 Å². The van der Waals surface area contributed by atoms with Crippen molar-refractivity contribution in [2.24, 2.45) is 0 Å². The van der Waals surface area contributed by atoms with Crippen molar-refractivity contribution in [1.82, 2.24) is 4.98 Å². The number of hydrogen-bond acceptors (Lipinski definition) is 6. The first-order valence-corrected chi connectivity index (χ1v) is 7.38. The van der Waals surface area contributed by atoms with Crippen LogP contribution in [0.15, 0.2) is 12.1 Å². The van der Waals surface area contributed by atoms with E-state index >= 15 is 0 Å². The Hall–Kier alpha value is -1.83. The molecule has 1 saturated carbocycles. The molecule has 1 aliphatic carbocycles. The van der Waals surface area contributed by atoms with Gasteiger partial charge in [-0.1, -0.05) is 6.42 Å². The lowest BCUT2D eigenvalue weighted by atomic mass is 9.84. The standard InChI is InChI=1S/C12H15N3O4S/c1-20-12(5-2-6-12)7-13-10-9(15(18)19)4-3-8(14-10)11(16)17/h3-4H,2,5-7H2,1H3,(H,13,14)(H,16,17). The minimum Gasteiger partial charge on any atom is -0.477 e. The number of pyridine rings is 1. The fraction of sp³-hybridized carbons (Fsp3) is 0.500. The first kappa shape index (κ1) is 14.6. The van der Waals surface area contributed by atoms with Crippen molar-refractivity contribution in [1.29, 1.82) is 0 Å². The lowest BCUT2D eigenvalue weighted by Gasteiger charge is -2.40. The zero-order chi connectivity index (χ0) is 14.8. The summed E-state index contributed by atoms with van der Waals surface area (Å²) in [4.78, 5) is 25.1. The summed E-state index contributed by atoms with van der Waals surface area (Å²) in [5.41, 5.74) is -0.407. The van der Waals surface area contributed by atoms with Crippen LogP contribution >= 0.6 is 11.8 Å². The van der Waals surface area contributed by atoms with Crippen LogP contribution < -0.4 is 5.32 Å². The average molecular weight is 297 g/mol. The van der Waals surface area contributed by atoms with Crippen LogP contribution in [-0.4, -0.2) is 38.5 Å². The quantitative estimate of drug-likeness (QED) is 0.613. The van der Waals surface area contributed by atoms with Gasteiger partial charge in [0, 0.05) is 17.4 Å². The van der Waals surface area contributed by atoms with Crippen molar-refractivity contribution in [3.63, 3.8) is 0 Å². The van der Waals surface area contributed by atoms with Crippen molar-refractivity contribution >= 4 is 29.2 Å². The van der Waals surface area contributed by atoms with Gasteiger partial charge in [-0.15, -0.1) is 0 Å². The smallest absolute Gasteiger partial charge is 0.354 e. The molecule has 0 aromatic carbocycles. The molecule has 7 nitrogen and oxygen atoms in total. The van der Waals surface area contributed by atoms with Crippen LogP contribution in [-0.2, 0) is 0 Å². The fourth-order valence-electron chi connectivity index (χ4n) is 2.12. The van der Waals surface area contributed by atoms with E-state index in [1.165, 1.54) is 6.07 Å². The zero-order valence-electron chi connectivity index (χ0n) is 11.0. The summed E-state index contributed by atoms with van der Waals surface area (Å²) in [6.07, 6.45) is 5.25. The molecular weight excluding hydrogens is 282 g/mol. The number of aromatic carboxylic acids is 1. The van der Waals surface area contributed by atoms with Crippen molar-refractivity contribution in [3.8, 4) is 0 Å². The fourth-order valence-corrected chi connectivity index (χ4v) is 3.03. The van der Waals surface area contributed by atoms with Gasteiger partial charge in [0.15, 0.2) is 5.69 Å². The third kappa shape index (κ3) is 2.84. The molecule has 20 heavy (non-hydrogen) atoms. The summed E-state index contributed by atoms with van der Waals surface area (Å²) in [6.45, 7) is 0.547. The van der Waals surface area contributed by atoms with Gasteiger partial charge in [0.25, 0.3) is 0 Å². The highest BCUT2D eigenvalue weighted by Gasteiger charge is 2.36. The molecule has 1 aromatic rings. The number of nitrogens with zero attached hydrogens (tertiary/aromatic N) is 2. The maximum absolute atomic E-state index is 11.0. The second kappa shape index (κ2) is 5.66. The number of anilines is 1. The van der Waals surface area contributed by atoms with Crippen LogP contribution in [0.25, 0.3) is 0 Å². The largest absolute Gasteiger partial charge is 0.477 e. The molecule has 0 spiro atoms. The lowest BCUT2D eigenvalue weighted by molar-refractivity contribution is -0.384. The normalized spacial score (nSPS) is 16.2. The Morgan fingerprint density at radius 1 is 1.60 bits per heavy atom. The van der Waals surface area contributed by atoms with Crippen molar-refractivity contribution in [2.75, 3.05) is 18.1 Å². The minimum absolute atomic E-state index is 0.0234. The van der Waals surface area contributed by atoms with Gasteiger partial charge in [0.1, 0.15) is 0 Å². The van der Waals surface area contributed by atoms with E-state index in [2.05, 4.69) is 10.3 Å². The first-order valence-electron chi connectivity index (χ1n) is 6.15. The van der Waals surface area contributed by atoms with Gasteiger partial charge in [-0.25, -0.2) is 9.78 Å². The number of thioether (sulfide) groups is 1. The van der Waals surface area contributed by atoms with Crippen LogP contribution in [0.4, 0.5) is 11.5 Å². The Balaban J connectivity index is 2.21. The molecule has 8 heteroatoms. The summed E-state index contributed by atoms with van der Waals surface area (Å²) in [7, 11) is 0. The molecule has 0 radical (unpaired) electrons. The third-order valence-electron chi connectivity index (χ3n) is 3.57. The second-order valence-electron chi connectivity index (χ2n) is 4.72. The van der Waals surface area contributed by atoms with Gasteiger partial charge in [0.2, 0.25) is 5.82 Å². The monoisotopic (exact) mass is 297 g/mol. The maximum atomic E-state index is 11.0. The predicted molar refractivity (Wildman–Crippen MR) is 76.4 cm³/mol. The maximum Gasteiger partial charge on any atom is 0.354 e. The minimum atomic E-state index is -1.20. The van der Waals surface area contributed by atoms with Crippen molar-refractivity contribution in [3.05, 3.63) is 27.9 Å². The van der Waals surface area contributed by atoms with Gasteiger partial charge >= 0.3 is 11.7 Å². The molecule has 0 unspecified atom stereocenters. The molecule has 0 atom stereocenters. The zero-order valence-corrected chi connectivity index (χ0v) is 11.8. The molecule has 1 heterocycles. The van der Waals surface area contributed by atoms with Gasteiger partial charge in [-0.3, -0.25) is 10.1 Å². The number of aromatic nitrogens is 1. The Bertz CT molecular complexity index is 540. The highest BCUT2D eigenvalue weighted by Crippen LogP contribution is 2.43. The number of nitro groups is 1. The Morgan fingerprint density at radius 3 is 2.75 bits per heavy atom. The van der Waals surface area contributed by atoms with E-state index in [1.54, 1.807) is 11.8 Å². The van der Waals surface area contributed by atoms with Crippen molar-refractivity contribution in [2.45, 2.75) is 24.0 Å². The SMILES string of the molecule is CSC1(CNc2nc(C(=O)O)ccc2[N+](=O)[O-])CCC1. The Labute approximate surface area is 119 Å². The first-order chi connectivity index (χ1) is 9.47. The summed E-state index contributed by atoms with van der Waals surface area (Å²) < 4.78 is 0.0782. The highest BCUT2D eigenvalue weighted by molar-refractivity contribution is 8.00. The van der Waals surface area contributed by atoms with Crippen LogP contribution in [0, 0.1) is 10.1 Å². The second-order valence-corrected chi connectivity index (χ2v) is 6.00. The molecule has 1 fully saturated rings. The highest BCUT2D eigenvalue weighted by atomic mass is 32.2. The van der Waals surface area contributed by atoms with Gasteiger partial charge in [-0.05, 0) is 25.2 Å². The average Bonchev–Trinajstić information content (AvgIpc) is 2.37. The predicted octanol–water partition coefficient (Wildman–Crippen LogP) is 2.39. The molecule has 2 N–H and O–H groups in total. The number of hydrogen-bond donors (Lipinski definition) is 2. The summed E-state index contributed by atoms with van der Waals surface area (Å²) >= 11 is 1.73. The Kier molecular flexibility index (Phi) is 4.12. The summed E-state index contributed by atoms with van der Waals surface area (Å²) in [5, 5.41) is 22.8. The topological polar surface area (TPSA) is 105 Å². The molecule has 0 saturated heterocycles. The molecule has 0 amide bonds. The molecule has 1 aliphatic rings. The van der Waals surface area contributed by atoms with Gasteiger partial charge in [-0.2, -0.15) is 11.8 Å². The van der Waals surface area contributed by atoms with Gasteiger partial charge in [0.05, 0.1) is 4.92 Å². The molecule has 1 aromatic heterocycles. The van der Waals surface area contributed by atoms with E-state index in [0.29, 0.717) is 6.54 Å². The van der Waals surface area contributed by atoms with E-state index < -0.39 is 10.9 Å². The van der Waals surface area contributed by atoms with E-state index in [1.807, 2.05) is 6.26 Å². The van der Waals surface area contributed by atoms with E-state index in [-0.39, 0.29) is 21.9 Å². The van der Waals surface area contributed by atoms with Crippen LogP contribution in [0.2, 0.25) is 0 Å². The van der Waals surface area contributed by atoms with E-state index in [4.69, 9.17) is 5.11 Å². The molecular formula is C12H15N3O4S. The Morgan fingerprint density at radius 2 is 2.30 bits per heavy atom. The third-order valence-corrected chi connectivity index (χ3v) is 4.98. The van der Waals surface area contributed by atoms with E-state index in [9.17, 15) is 14.9 Å². The van der Waals surface area contributed by atoms with Crippen LogP contribution in [0.3, 0.4) is 0 Å². The number of carbonyl (C=O) groups is 1. The number of carboxylic acid groups (broad SMARTS) is 1. The lowest BCUT2D eigenvalue weighted by Crippen LogP contribution is -2.40. The number of carboxylic acids is 1. The van der Waals surface area contributed by atoms with Crippen LogP contribution in [0.5, 0.6) is 0 Å². The number of nitrogens with one attached hydrogen (secondary N) is 1. The summed E-state index contributed by atoms with van der Waals surface area (Å²) in [6, 6.07) is 2.31. The molecule has 108 valence electrons. The van der Waals surface area contributed by atoms with E-state index in [0.717, 1.165) is 25.3 Å². The van der Waals surface area contributed by atoms with Crippen molar-refractivity contribution < 1.29 is 14.8 Å². The number of rotatable bonds is 6. The molecule has 0 aliphatic heterocycles. The molecule has 0 bridgehead atoms. The summed E-state index contributed by atoms with van der Waals surface area (Å²) in [5.74, 6) is -1.18. The molecule has 2 rings (SSSR count).